The van der Waals surface area contributed by atoms with Gasteiger partial charge in [-0.1, -0.05) is 170 Å². The molecule has 0 saturated heterocycles. The number of ether oxygens (including phenoxy) is 1. The summed E-state index contributed by atoms with van der Waals surface area (Å²) in [5.41, 5.74) is 19.0. The zero-order valence-electron chi connectivity index (χ0n) is 35.5. The van der Waals surface area contributed by atoms with Gasteiger partial charge >= 0.3 is 0 Å². The van der Waals surface area contributed by atoms with Crippen LogP contribution in [0.4, 0.5) is 17.1 Å². The van der Waals surface area contributed by atoms with Gasteiger partial charge in [0, 0.05) is 50.7 Å². The van der Waals surface area contributed by atoms with Crippen LogP contribution in [0.25, 0.3) is 66.1 Å². The molecular formula is C61H36BNO3. The van der Waals surface area contributed by atoms with Crippen LogP contribution in [0.5, 0.6) is 11.5 Å². The lowest BCUT2D eigenvalue weighted by Gasteiger charge is -2.42. The predicted octanol–water partition coefficient (Wildman–Crippen LogP) is 13.9. The van der Waals surface area contributed by atoms with Crippen molar-refractivity contribution in [1.82, 2.24) is 0 Å². The zero-order valence-corrected chi connectivity index (χ0v) is 35.5. The van der Waals surface area contributed by atoms with Gasteiger partial charge in [-0.25, -0.2) is 0 Å². The fourth-order valence-electron chi connectivity index (χ4n) is 11.8. The second-order valence-electron chi connectivity index (χ2n) is 17.9. The van der Waals surface area contributed by atoms with E-state index in [9.17, 15) is 0 Å². The third-order valence-corrected chi connectivity index (χ3v) is 14.6. The molecule has 12 aromatic rings. The van der Waals surface area contributed by atoms with Crippen molar-refractivity contribution in [3.05, 3.63) is 241 Å². The first-order valence-corrected chi connectivity index (χ1v) is 22.7. The van der Waals surface area contributed by atoms with Gasteiger partial charge in [-0.15, -0.1) is 0 Å². The van der Waals surface area contributed by atoms with Crippen LogP contribution in [-0.4, -0.2) is 6.71 Å². The highest BCUT2D eigenvalue weighted by Crippen LogP contribution is 2.58. The van der Waals surface area contributed by atoms with Crippen molar-refractivity contribution < 1.29 is 13.6 Å². The van der Waals surface area contributed by atoms with Crippen LogP contribution in [0, 0.1) is 0 Å². The Morgan fingerprint density at radius 1 is 0.379 bits per heavy atom. The summed E-state index contributed by atoms with van der Waals surface area (Å²) in [6.45, 7) is -0.172. The highest BCUT2D eigenvalue weighted by Gasteiger charge is 2.49. The Morgan fingerprint density at radius 2 is 0.939 bits per heavy atom. The summed E-state index contributed by atoms with van der Waals surface area (Å²) in [6, 6.07) is 79.1. The van der Waals surface area contributed by atoms with Crippen molar-refractivity contribution in [1.29, 1.82) is 0 Å². The van der Waals surface area contributed by atoms with Gasteiger partial charge in [-0.3, -0.25) is 0 Å². The van der Waals surface area contributed by atoms with E-state index in [0.29, 0.717) is 0 Å². The number of fused-ring (bicyclic) bond motifs is 13. The van der Waals surface area contributed by atoms with E-state index in [2.05, 4.69) is 205 Å². The number of para-hydroxylation sites is 2. The van der Waals surface area contributed by atoms with Gasteiger partial charge in [0.25, 0.3) is 6.71 Å². The van der Waals surface area contributed by atoms with Crippen molar-refractivity contribution in [2.75, 3.05) is 4.90 Å². The number of nitrogens with zero attached hydrogens (tertiary/aromatic N) is 1. The van der Waals surface area contributed by atoms with E-state index in [-0.39, 0.29) is 6.71 Å². The summed E-state index contributed by atoms with van der Waals surface area (Å²) in [4.78, 5) is 2.46. The van der Waals surface area contributed by atoms with E-state index in [0.717, 1.165) is 94.5 Å². The standard InChI is InChI=1S/C61H36BNO3/c1-3-15-37(16-4-1)38-27-29-41(30-28-38)63-52-35-56-46(44-21-9-13-25-54(44)64-56)33-50(52)62-51-34-47-45-22-10-14-26-55(45)65-57(47)36-58(51)66-59-32-40(31-53(63)60(59)62)61(39-17-5-2-6-18-39)48-23-11-7-19-42(48)43-20-8-12-24-49(43)61/h1-36H. The summed E-state index contributed by atoms with van der Waals surface area (Å²) in [6.07, 6.45) is 0. The molecule has 2 aliphatic heterocycles. The van der Waals surface area contributed by atoms with Gasteiger partial charge in [0.2, 0.25) is 0 Å². The van der Waals surface area contributed by atoms with Crippen molar-refractivity contribution in [2.45, 2.75) is 5.41 Å². The molecule has 0 unspecified atom stereocenters. The van der Waals surface area contributed by atoms with E-state index < -0.39 is 5.41 Å². The molecule has 1 aliphatic carbocycles. The van der Waals surface area contributed by atoms with E-state index in [1.54, 1.807) is 0 Å². The molecule has 3 aliphatic rings. The molecule has 0 saturated carbocycles. The normalized spacial score (nSPS) is 13.9. The van der Waals surface area contributed by atoms with Gasteiger partial charge in [-0.05, 0) is 97.3 Å². The molecule has 2 aromatic heterocycles. The average Bonchev–Trinajstić information content (AvgIpc) is 4.03. The Balaban J connectivity index is 1.08. The minimum Gasteiger partial charge on any atom is -0.458 e. The van der Waals surface area contributed by atoms with Crippen LogP contribution in [0.2, 0.25) is 0 Å². The van der Waals surface area contributed by atoms with Crippen LogP contribution in [0.15, 0.2) is 227 Å². The number of benzene rings is 10. The quantitative estimate of drug-likeness (QED) is 0.166. The number of hydrogen-bond acceptors (Lipinski definition) is 4. The minimum atomic E-state index is -0.659. The first-order valence-electron chi connectivity index (χ1n) is 22.7. The first-order chi connectivity index (χ1) is 32.7. The zero-order chi connectivity index (χ0) is 43.1. The molecule has 0 fully saturated rings. The first kappa shape index (κ1) is 35.9. The van der Waals surface area contributed by atoms with Gasteiger partial charge in [0.05, 0.1) is 5.41 Å². The summed E-state index contributed by atoms with van der Waals surface area (Å²) in [5, 5.41) is 4.36. The minimum absolute atomic E-state index is 0.172. The van der Waals surface area contributed by atoms with Crippen LogP contribution in [-0.2, 0) is 5.41 Å². The van der Waals surface area contributed by atoms with E-state index >= 15 is 0 Å². The van der Waals surface area contributed by atoms with Crippen LogP contribution < -0.4 is 26.0 Å². The molecule has 5 heteroatoms. The molecule has 0 atom stereocenters. The maximum atomic E-state index is 7.40. The Labute approximate surface area is 380 Å². The summed E-state index contributed by atoms with van der Waals surface area (Å²) >= 11 is 0. The fourth-order valence-corrected chi connectivity index (χ4v) is 11.8. The number of rotatable bonds is 4. The van der Waals surface area contributed by atoms with Crippen molar-refractivity contribution in [3.63, 3.8) is 0 Å². The van der Waals surface area contributed by atoms with Gasteiger partial charge in [0.1, 0.15) is 33.8 Å². The van der Waals surface area contributed by atoms with Crippen LogP contribution in [0.3, 0.4) is 0 Å². The second-order valence-corrected chi connectivity index (χ2v) is 17.9. The fraction of sp³-hybridized carbons (Fsp3) is 0.0164. The monoisotopic (exact) mass is 841 g/mol. The maximum absolute atomic E-state index is 7.40. The van der Waals surface area contributed by atoms with Crippen molar-refractivity contribution >= 4 is 84.0 Å². The SMILES string of the molecule is c1ccc(-c2ccc(N3c4cc5oc6ccccc6c5cc4B4c5cc6c(cc5Oc5cc(C7(c8ccccc8)c8ccccc8-c8ccccc87)cc3c54)oc3ccccc36)cc2)cc1. The number of anilines is 3. The lowest BCUT2D eigenvalue weighted by Crippen LogP contribution is -2.59. The van der Waals surface area contributed by atoms with E-state index in [4.69, 9.17) is 13.6 Å². The lowest BCUT2D eigenvalue weighted by molar-refractivity contribution is 0.485. The molecule has 4 nitrogen and oxygen atoms in total. The second kappa shape index (κ2) is 13.3. The van der Waals surface area contributed by atoms with Crippen LogP contribution in [0.1, 0.15) is 22.3 Å². The van der Waals surface area contributed by atoms with Gasteiger partial charge < -0.3 is 18.5 Å². The largest absolute Gasteiger partial charge is 0.458 e. The molecule has 306 valence electrons. The lowest BCUT2D eigenvalue weighted by atomic mass is 9.34. The third-order valence-electron chi connectivity index (χ3n) is 14.6. The number of hydrogen-bond donors (Lipinski definition) is 0. The summed E-state index contributed by atoms with van der Waals surface area (Å²) in [5.74, 6) is 1.63. The summed E-state index contributed by atoms with van der Waals surface area (Å²) in [7, 11) is 0. The molecule has 4 heterocycles. The average molecular weight is 842 g/mol. The highest BCUT2D eigenvalue weighted by atomic mass is 16.5. The van der Waals surface area contributed by atoms with Crippen LogP contribution >= 0.6 is 0 Å². The molecule has 0 bridgehead atoms. The molecule has 0 radical (unpaired) electrons. The highest BCUT2D eigenvalue weighted by molar-refractivity contribution is 6.99. The van der Waals surface area contributed by atoms with E-state index in [1.807, 2.05) is 18.2 Å². The Kier molecular flexibility index (Phi) is 7.21. The Bertz CT molecular complexity index is 3940. The molecule has 15 rings (SSSR count). The molecule has 66 heavy (non-hydrogen) atoms. The Morgan fingerprint density at radius 3 is 1.62 bits per heavy atom. The number of furan rings is 2. The maximum Gasteiger partial charge on any atom is 0.256 e. The predicted molar refractivity (Wildman–Crippen MR) is 270 cm³/mol. The molecule has 0 spiro atoms. The Hall–Kier alpha value is -8.54. The molecule has 10 aromatic carbocycles. The molecule has 0 N–H and O–H groups in total. The van der Waals surface area contributed by atoms with E-state index in [1.165, 1.54) is 38.8 Å². The topological polar surface area (TPSA) is 38.8 Å². The third kappa shape index (κ3) is 4.78. The summed E-state index contributed by atoms with van der Waals surface area (Å²) < 4.78 is 20.7. The van der Waals surface area contributed by atoms with Gasteiger partial charge in [0.15, 0.2) is 0 Å². The van der Waals surface area contributed by atoms with Crippen molar-refractivity contribution in [2.24, 2.45) is 0 Å². The van der Waals surface area contributed by atoms with Gasteiger partial charge in [-0.2, -0.15) is 0 Å². The molecular weight excluding hydrogens is 805 g/mol. The molecule has 0 amide bonds. The van der Waals surface area contributed by atoms with Crippen molar-refractivity contribution in [3.8, 4) is 33.8 Å². The smallest absolute Gasteiger partial charge is 0.256 e.